The second-order valence-electron chi connectivity index (χ2n) is 3.78. The van der Waals surface area contributed by atoms with Crippen molar-refractivity contribution in [1.29, 1.82) is 0 Å². The molecule has 0 radical (unpaired) electrons. The first-order valence-electron chi connectivity index (χ1n) is 5.21. The number of benzene rings is 1. The topological polar surface area (TPSA) is 25.8 Å². The lowest BCUT2D eigenvalue weighted by Gasteiger charge is -1.99. The fourth-order valence-electron chi connectivity index (χ4n) is 1.73. The van der Waals surface area contributed by atoms with Crippen molar-refractivity contribution in [3.63, 3.8) is 0 Å². The van der Waals surface area contributed by atoms with Gasteiger partial charge < -0.3 is 0 Å². The minimum atomic E-state index is -0.237. The number of thiazole rings is 1. The summed E-state index contributed by atoms with van der Waals surface area (Å²) in [4.78, 5) is 8.79. The molecule has 0 atom stereocenters. The molecule has 0 aliphatic heterocycles. The van der Waals surface area contributed by atoms with Crippen LogP contribution in [-0.2, 0) is 0 Å². The van der Waals surface area contributed by atoms with Crippen LogP contribution in [0, 0.1) is 12.7 Å². The molecule has 3 rings (SSSR count). The number of rotatable bonds is 1. The molecule has 2 aromatic heterocycles. The summed E-state index contributed by atoms with van der Waals surface area (Å²) in [6.07, 6.45) is 1.82. The Morgan fingerprint density at radius 2 is 1.94 bits per heavy atom. The standard InChI is InChI=1S/C13H9FN2S/c1-8-16-12-6-11(15-7-13(12)17-8)9-2-4-10(14)5-3-9/h2-7H,1H3. The molecular weight excluding hydrogens is 235 g/mol. The smallest absolute Gasteiger partial charge is 0.123 e. The lowest BCUT2D eigenvalue weighted by atomic mass is 10.1. The van der Waals surface area contributed by atoms with E-state index in [0.29, 0.717) is 0 Å². The summed E-state index contributed by atoms with van der Waals surface area (Å²) >= 11 is 1.62. The van der Waals surface area contributed by atoms with E-state index in [1.807, 2.05) is 19.2 Å². The Labute approximate surface area is 102 Å². The Balaban J connectivity index is 2.13. The number of aryl methyl sites for hydroxylation is 1. The molecule has 0 N–H and O–H groups in total. The minimum absolute atomic E-state index is 0.237. The maximum Gasteiger partial charge on any atom is 0.123 e. The predicted octanol–water partition coefficient (Wildman–Crippen LogP) is 3.81. The van der Waals surface area contributed by atoms with Gasteiger partial charge in [-0.2, -0.15) is 0 Å². The van der Waals surface area contributed by atoms with Gasteiger partial charge in [0.25, 0.3) is 0 Å². The second kappa shape index (κ2) is 3.89. The number of aromatic nitrogens is 2. The van der Waals surface area contributed by atoms with Gasteiger partial charge in [0.05, 0.1) is 20.9 Å². The molecule has 17 heavy (non-hydrogen) atoms. The Bertz CT molecular complexity index is 673. The fourth-order valence-corrected chi connectivity index (χ4v) is 2.51. The first kappa shape index (κ1) is 10.4. The fraction of sp³-hybridized carbons (Fsp3) is 0.0769. The van der Waals surface area contributed by atoms with E-state index in [0.717, 1.165) is 26.5 Å². The van der Waals surface area contributed by atoms with Gasteiger partial charge >= 0.3 is 0 Å². The minimum Gasteiger partial charge on any atom is -0.255 e. The monoisotopic (exact) mass is 244 g/mol. The Kier molecular flexibility index (Phi) is 2.37. The van der Waals surface area contributed by atoms with Crippen LogP contribution >= 0.6 is 11.3 Å². The number of halogens is 1. The zero-order valence-electron chi connectivity index (χ0n) is 9.14. The van der Waals surface area contributed by atoms with Crippen molar-refractivity contribution in [2.75, 3.05) is 0 Å². The van der Waals surface area contributed by atoms with E-state index < -0.39 is 0 Å². The molecule has 0 aliphatic carbocycles. The lowest BCUT2D eigenvalue weighted by molar-refractivity contribution is 0.628. The summed E-state index contributed by atoms with van der Waals surface area (Å²) in [5, 5.41) is 1.03. The van der Waals surface area contributed by atoms with Crippen LogP contribution in [0.15, 0.2) is 36.5 Å². The summed E-state index contributed by atoms with van der Waals surface area (Å²) in [5.74, 6) is -0.237. The van der Waals surface area contributed by atoms with Crippen molar-refractivity contribution < 1.29 is 4.39 Å². The number of fused-ring (bicyclic) bond motifs is 1. The zero-order chi connectivity index (χ0) is 11.8. The Hall–Kier alpha value is -1.81. The number of nitrogens with zero attached hydrogens (tertiary/aromatic N) is 2. The van der Waals surface area contributed by atoms with Crippen LogP contribution < -0.4 is 0 Å². The van der Waals surface area contributed by atoms with Gasteiger partial charge in [0.15, 0.2) is 0 Å². The zero-order valence-corrected chi connectivity index (χ0v) is 9.96. The highest BCUT2D eigenvalue weighted by Crippen LogP contribution is 2.25. The third kappa shape index (κ3) is 1.91. The maximum atomic E-state index is 12.8. The van der Waals surface area contributed by atoms with Gasteiger partial charge in [-0.05, 0) is 37.3 Å². The molecule has 0 bridgehead atoms. The van der Waals surface area contributed by atoms with Gasteiger partial charge in [-0.15, -0.1) is 11.3 Å². The van der Waals surface area contributed by atoms with E-state index in [2.05, 4.69) is 9.97 Å². The number of hydrogen-bond acceptors (Lipinski definition) is 3. The Morgan fingerprint density at radius 3 is 2.71 bits per heavy atom. The van der Waals surface area contributed by atoms with Gasteiger partial charge in [0, 0.05) is 11.8 Å². The molecule has 0 spiro atoms. The third-order valence-electron chi connectivity index (χ3n) is 2.52. The maximum absolute atomic E-state index is 12.8. The SMILES string of the molecule is Cc1nc2cc(-c3ccc(F)cc3)ncc2s1. The van der Waals surface area contributed by atoms with Gasteiger partial charge in [-0.25, -0.2) is 9.37 Å². The molecule has 0 aliphatic rings. The average Bonchev–Trinajstić information content (AvgIpc) is 2.69. The van der Waals surface area contributed by atoms with Gasteiger partial charge in [-0.3, -0.25) is 4.98 Å². The molecule has 2 heterocycles. The molecule has 2 nitrogen and oxygen atoms in total. The first-order valence-corrected chi connectivity index (χ1v) is 6.03. The highest BCUT2D eigenvalue weighted by atomic mass is 32.1. The molecule has 0 amide bonds. The second-order valence-corrected chi connectivity index (χ2v) is 5.01. The van der Waals surface area contributed by atoms with Crippen LogP contribution in [-0.4, -0.2) is 9.97 Å². The van der Waals surface area contributed by atoms with E-state index in [1.165, 1.54) is 12.1 Å². The molecule has 4 heteroatoms. The largest absolute Gasteiger partial charge is 0.255 e. The van der Waals surface area contributed by atoms with Crippen molar-refractivity contribution >= 4 is 21.6 Å². The van der Waals surface area contributed by atoms with Crippen LogP contribution in [0.3, 0.4) is 0 Å². The summed E-state index contributed by atoms with van der Waals surface area (Å²) in [6.45, 7) is 1.97. The number of hydrogen-bond donors (Lipinski definition) is 0. The lowest BCUT2D eigenvalue weighted by Crippen LogP contribution is -1.83. The van der Waals surface area contributed by atoms with E-state index in [1.54, 1.807) is 23.5 Å². The van der Waals surface area contributed by atoms with Crippen LogP contribution in [0.4, 0.5) is 4.39 Å². The van der Waals surface area contributed by atoms with Gasteiger partial charge in [0.2, 0.25) is 0 Å². The Morgan fingerprint density at radius 1 is 1.18 bits per heavy atom. The number of pyridine rings is 1. The molecule has 0 unspecified atom stereocenters. The van der Waals surface area contributed by atoms with Crippen molar-refractivity contribution in [3.05, 3.63) is 47.4 Å². The summed E-state index contributed by atoms with van der Waals surface area (Å²) in [6, 6.07) is 8.26. The van der Waals surface area contributed by atoms with E-state index in [9.17, 15) is 4.39 Å². The van der Waals surface area contributed by atoms with E-state index in [-0.39, 0.29) is 5.82 Å². The molecule has 1 aromatic carbocycles. The summed E-state index contributed by atoms with van der Waals surface area (Å²) in [7, 11) is 0. The van der Waals surface area contributed by atoms with Crippen molar-refractivity contribution in [1.82, 2.24) is 9.97 Å². The van der Waals surface area contributed by atoms with E-state index >= 15 is 0 Å². The van der Waals surface area contributed by atoms with Crippen molar-refractivity contribution in [3.8, 4) is 11.3 Å². The predicted molar refractivity (Wildman–Crippen MR) is 67.5 cm³/mol. The quantitative estimate of drug-likeness (QED) is 0.650. The summed E-state index contributed by atoms with van der Waals surface area (Å²) < 4.78 is 13.9. The van der Waals surface area contributed by atoms with Crippen molar-refractivity contribution in [2.45, 2.75) is 6.92 Å². The van der Waals surface area contributed by atoms with Crippen LogP contribution in [0.5, 0.6) is 0 Å². The first-order chi connectivity index (χ1) is 8.22. The van der Waals surface area contributed by atoms with Gasteiger partial charge in [0.1, 0.15) is 5.82 Å². The average molecular weight is 244 g/mol. The van der Waals surface area contributed by atoms with Crippen LogP contribution in [0.25, 0.3) is 21.5 Å². The molecule has 84 valence electrons. The molecule has 0 saturated carbocycles. The van der Waals surface area contributed by atoms with E-state index in [4.69, 9.17) is 0 Å². The molecule has 0 fully saturated rings. The third-order valence-corrected chi connectivity index (χ3v) is 3.44. The molecule has 3 aromatic rings. The molecular formula is C13H9FN2S. The van der Waals surface area contributed by atoms with Crippen LogP contribution in [0.2, 0.25) is 0 Å². The normalized spacial score (nSPS) is 10.9. The van der Waals surface area contributed by atoms with Crippen LogP contribution in [0.1, 0.15) is 5.01 Å². The van der Waals surface area contributed by atoms with Gasteiger partial charge in [-0.1, -0.05) is 0 Å². The highest BCUT2D eigenvalue weighted by Gasteiger charge is 2.04. The van der Waals surface area contributed by atoms with Crippen molar-refractivity contribution in [2.24, 2.45) is 0 Å². The summed E-state index contributed by atoms with van der Waals surface area (Å²) in [5.41, 5.74) is 2.67. The highest BCUT2D eigenvalue weighted by molar-refractivity contribution is 7.18. The molecule has 0 saturated heterocycles.